The van der Waals surface area contributed by atoms with Gasteiger partial charge < -0.3 is 15.2 Å². The monoisotopic (exact) mass is 397 g/mol. The lowest BCUT2D eigenvalue weighted by atomic mass is 10.0. The summed E-state index contributed by atoms with van der Waals surface area (Å²) in [6, 6.07) is 13.9. The quantitative estimate of drug-likeness (QED) is 0.583. The van der Waals surface area contributed by atoms with Crippen LogP contribution >= 0.6 is 0 Å². The third kappa shape index (κ3) is 5.47. The maximum Gasteiger partial charge on any atom is 0.259 e. The van der Waals surface area contributed by atoms with Crippen molar-refractivity contribution < 1.29 is 24.2 Å². The van der Waals surface area contributed by atoms with Gasteiger partial charge in [-0.25, -0.2) is 5.01 Å². The summed E-state index contributed by atoms with van der Waals surface area (Å²) in [6.45, 7) is 1.50. The molecule has 8 heteroatoms. The Morgan fingerprint density at radius 1 is 0.966 bits per heavy atom. The molecule has 0 spiro atoms. The zero-order valence-electron chi connectivity index (χ0n) is 15.8. The average molecular weight is 397 g/mol. The number of nitrogens with zero attached hydrogens (tertiary/aromatic N) is 1. The van der Waals surface area contributed by atoms with Gasteiger partial charge in [0.2, 0.25) is 0 Å². The summed E-state index contributed by atoms with van der Waals surface area (Å²) in [6.07, 6.45) is 0. The van der Waals surface area contributed by atoms with Gasteiger partial charge in [-0.15, -0.1) is 0 Å². The first-order chi connectivity index (χ1) is 14.1. The summed E-state index contributed by atoms with van der Waals surface area (Å²) in [5, 5.41) is 13.7. The summed E-state index contributed by atoms with van der Waals surface area (Å²) in [5.41, 5.74) is 3.77. The predicted octanol–water partition coefficient (Wildman–Crippen LogP) is 0.372. The molecule has 29 heavy (non-hydrogen) atoms. The van der Waals surface area contributed by atoms with E-state index >= 15 is 0 Å². The van der Waals surface area contributed by atoms with Crippen LogP contribution in [0.3, 0.4) is 0 Å². The highest BCUT2D eigenvalue weighted by molar-refractivity contribution is 6.10. The number of benzene rings is 2. The van der Waals surface area contributed by atoms with E-state index in [9.17, 15) is 19.5 Å². The number of carbonyl (C=O) groups is 3. The summed E-state index contributed by atoms with van der Waals surface area (Å²) in [7, 11) is 0. The molecule has 1 unspecified atom stereocenters. The van der Waals surface area contributed by atoms with Crippen LogP contribution in [0.5, 0.6) is 0 Å². The SMILES string of the molecule is O=C(NC(CO)C(=O)NN1CCOCC1)c1cccc(C(=O)c2ccccc2)c1. The summed E-state index contributed by atoms with van der Waals surface area (Å²) >= 11 is 0. The lowest BCUT2D eigenvalue weighted by Crippen LogP contribution is -2.56. The van der Waals surface area contributed by atoms with Gasteiger partial charge in [-0.1, -0.05) is 42.5 Å². The maximum absolute atomic E-state index is 12.6. The van der Waals surface area contributed by atoms with Crippen molar-refractivity contribution in [3.05, 3.63) is 71.3 Å². The number of ketones is 1. The minimum Gasteiger partial charge on any atom is -0.394 e. The van der Waals surface area contributed by atoms with Gasteiger partial charge >= 0.3 is 0 Å². The van der Waals surface area contributed by atoms with Crippen LogP contribution in [0.1, 0.15) is 26.3 Å². The van der Waals surface area contributed by atoms with Crippen molar-refractivity contribution in [2.24, 2.45) is 0 Å². The van der Waals surface area contributed by atoms with Crippen molar-refractivity contribution in [2.75, 3.05) is 32.9 Å². The van der Waals surface area contributed by atoms with E-state index in [1.807, 2.05) is 6.07 Å². The third-order valence-corrected chi connectivity index (χ3v) is 4.51. The first kappa shape index (κ1) is 20.7. The molecule has 0 saturated carbocycles. The molecular weight excluding hydrogens is 374 g/mol. The first-order valence-electron chi connectivity index (χ1n) is 9.33. The molecule has 1 aliphatic rings. The van der Waals surface area contributed by atoms with Crippen LogP contribution in [-0.4, -0.2) is 66.7 Å². The Kier molecular flexibility index (Phi) is 7.07. The first-order valence-corrected chi connectivity index (χ1v) is 9.33. The summed E-state index contributed by atoms with van der Waals surface area (Å²) in [5.74, 6) is -1.27. The molecule has 1 atom stereocenters. The van der Waals surface area contributed by atoms with Crippen LogP contribution in [0, 0.1) is 0 Å². The van der Waals surface area contributed by atoms with Gasteiger partial charge in [0.15, 0.2) is 5.78 Å². The Bertz CT molecular complexity index is 866. The second-order valence-corrected chi connectivity index (χ2v) is 6.56. The molecule has 8 nitrogen and oxygen atoms in total. The Hall–Kier alpha value is -3.07. The normalized spacial score (nSPS) is 15.3. The molecule has 3 rings (SSSR count). The molecule has 0 radical (unpaired) electrons. The second-order valence-electron chi connectivity index (χ2n) is 6.56. The molecule has 0 aliphatic carbocycles. The molecular formula is C21H23N3O5. The van der Waals surface area contributed by atoms with E-state index in [2.05, 4.69) is 10.7 Å². The Labute approximate surface area is 168 Å². The highest BCUT2D eigenvalue weighted by atomic mass is 16.5. The van der Waals surface area contributed by atoms with Crippen LogP contribution in [0.25, 0.3) is 0 Å². The van der Waals surface area contributed by atoms with E-state index in [0.29, 0.717) is 37.4 Å². The average Bonchev–Trinajstić information content (AvgIpc) is 2.78. The van der Waals surface area contributed by atoms with Crippen LogP contribution in [-0.2, 0) is 9.53 Å². The van der Waals surface area contributed by atoms with E-state index in [4.69, 9.17) is 4.74 Å². The number of nitrogens with one attached hydrogen (secondary N) is 2. The number of morpholine rings is 1. The molecule has 3 N–H and O–H groups in total. The maximum atomic E-state index is 12.6. The summed E-state index contributed by atoms with van der Waals surface area (Å²) in [4.78, 5) is 37.5. The van der Waals surface area contributed by atoms with Gasteiger partial charge in [-0.05, 0) is 12.1 Å². The number of ether oxygens (including phenoxy) is 1. The van der Waals surface area contributed by atoms with Crippen molar-refractivity contribution in [1.29, 1.82) is 0 Å². The number of amides is 2. The van der Waals surface area contributed by atoms with Gasteiger partial charge in [-0.2, -0.15) is 0 Å². The third-order valence-electron chi connectivity index (χ3n) is 4.51. The molecule has 1 saturated heterocycles. The Balaban J connectivity index is 1.66. The highest BCUT2D eigenvalue weighted by Gasteiger charge is 2.23. The van der Waals surface area contributed by atoms with Gasteiger partial charge in [0.1, 0.15) is 6.04 Å². The second kappa shape index (κ2) is 9.92. The van der Waals surface area contributed by atoms with Crippen LogP contribution in [0.4, 0.5) is 0 Å². The number of hydrazine groups is 1. The molecule has 1 aliphatic heterocycles. The van der Waals surface area contributed by atoms with Crippen molar-refractivity contribution in [3.63, 3.8) is 0 Å². The van der Waals surface area contributed by atoms with Crippen LogP contribution in [0.2, 0.25) is 0 Å². The van der Waals surface area contributed by atoms with Crippen LogP contribution in [0.15, 0.2) is 54.6 Å². The molecule has 1 fully saturated rings. The molecule has 152 valence electrons. The lowest BCUT2D eigenvalue weighted by molar-refractivity contribution is -0.130. The fraction of sp³-hybridized carbons (Fsp3) is 0.286. The van der Waals surface area contributed by atoms with Gasteiger partial charge in [-0.3, -0.25) is 19.8 Å². The fourth-order valence-electron chi connectivity index (χ4n) is 2.90. The zero-order chi connectivity index (χ0) is 20.6. The van der Waals surface area contributed by atoms with Crippen molar-refractivity contribution in [3.8, 4) is 0 Å². The summed E-state index contributed by atoms with van der Waals surface area (Å²) < 4.78 is 5.21. The molecule has 0 aromatic heterocycles. The number of aliphatic hydroxyl groups is 1. The molecule has 2 amide bonds. The molecule has 1 heterocycles. The highest BCUT2D eigenvalue weighted by Crippen LogP contribution is 2.12. The lowest BCUT2D eigenvalue weighted by Gasteiger charge is -2.28. The zero-order valence-corrected chi connectivity index (χ0v) is 15.8. The van der Waals surface area contributed by atoms with E-state index in [-0.39, 0.29) is 11.3 Å². The molecule has 0 bridgehead atoms. The number of carbonyl (C=O) groups excluding carboxylic acids is 3. The molecule has 2 aromatic carbocycles. The van der Waals surface area contributed by atoms with E-state index in [1.165, 1.54) is 6.07 Å². The standard InChI is InChI=1S/C21H23N3O5/c25-14-18(21(28)23-24-9-11-29-12-10-24)22-20(27)17-8-4-7-16(13-17)19(26)15-5-2-1-3-6-15/h1-8,13,18,25H,9-12,14H2,(H,22,27)(H,23,28). The minimum absolute atomic E-state index is 0.205. The number of rotatable bonds is 7. The topological polar surface area (TPSA) is 108 Å². The largest absolute Gasteiger partial charge is 0.394 e. The van der Waals surface area contributed by atoms with Gasteiger partial charge in [0, 0.05) is 29.8 Å². The number of aliphatic hydroxyl groups excluding tert-OH is 1. The van der Waals surface area contributed by atoms with E-state index < -0.39 is 24.5 Å². The van der Waals surface area contributed by atoms with Crippen molar-refractivity contribution >= 4 is 17.6 Å². The smallest absolute Gasteiger partial charge is 0.259 e. The molecule has 2 aromatic rings. The number of hydrogen-bond acceptors (Lipinski definition) is 6. The van der Waals surface area contributed by atoms with Gasteiger partial charge in [0.05, 0.1) is 19.8 Å². The Morgan fingerprint density at radius 3 is 2.31 bits per heavy atom. The van der Waals surface area contributed by atoms with E-state index in [0.717, 1.165) is 0 Å². The Morgan fingerprint density at radius 2 is 1.62 bits per heavy atom. The van der Waals surface area contributed by atoms with Gasteiger partial charge in [0.25, 0.3) is 11.8 Å². The van der Waals surface area contributed by atoms with E-state index in [1.54, 1.807) is 47.5 Å². The van der Waals surface area contributed by atoms with Crippen LogP contribution < -0.4 is 10.7 Å². The minimum atomic E-state index is -1.11. The van der Waals surface area contributed by atoms with Crippen molar-refractivity contribution in [2.45, 2.75) is 6.04 Å². The predicted molar refractivity (Wildman–Crippen MR) is 105 cm³/mol. The fourth-order valence-corrected chi connectivity index (χ4v) is 2.90. The van der Waals surface area contributed by atoms with Crippen molar-refractivity contribution in [1.82, 2.24) is 15.8 Å². The number of hydrogen-bond donors (Lipinski definition) is 3.